The average molecular weight is 454 g/mol. The molecule has 1 aromatic carbocycles. The van der Waals surface area contributed by atoms with Crippen molar-refractivity contribution in [3.8, 4) is 10.6 Å². The highest BCUT2D eigenvalue weighted by molar-refractivity contribution is 7.19. The van der Waals surface area contributed by atoms with Gasteiger partial charge in [-0.3, -0.25) is 9.59 Å². The van der Waals surface area contributed by atoms with Gasteiger partial charge in [0.15, 0.2) is 5.13 Å². The standard InChI is InChI=1S/C21H23N7O3S/c1-13-19(32-21(24-13)27-18(30)12-17(22)29)16-6-7-23-20(26-16)25-14-2-4-15(5-3-14)28-8-10-31-11-9-28/h2-7H,8-12H2,1H3,(H2,22,29)(H,23,25,26)(H,24,27,30). The van der Waals surface area contributed by atoms with Gasteiger partial charge in [0.2, 0.25) is 17.8 Å². The highest BCUT2D eigenvalue weighted by Crippen LogP contribution is 2.32. The van der Waals surface area contributed by atoms with Gasteiger partial charge in [-0.05, 0) is 37.3 Å². The SMILES string of the molecule is Cc1nc(NC(=O)CC(N)=O)sc1-c1ccnc(Nc2ccc(N3CCOCC3)cc2)n1. The van der Waals surface area contributed by atoms with E-state index in [9.17, 15) is 9.59 Å². The first-order chi connectivity index (χ1) is 15.5. The predicted octanol–water partition coefficient (Wildman–Crippen LogP) is 2.30. The van der Waals surface area contributed by atoms with Gasteiger partial charge in [-0.25, -0.2) is 15.0 Å². The van der Waals surface area contributed by atoms with E-state index >= 15 is 0 Å². The van der Waals surface area contributed by atoms with Crippen molar-refractivity contribution in [2.24, 2.45) is 5.73 Å². The van der Waals surface area contributed by atoms with Crippen molar-refractivity contribution in [2.45, 2.75) is 13.3 Å². The molecule has 166 valence electrons. The summed E-state index contributed by atoms with van der Waals surface area (Å²) < 4.78 is 5.40. The number of thiazole rings is 1. The maximum absolute atomic E-state index is 11.8. The summed E-state index contributed by atoms with van der Waals surface area (Å²) in [6.45, 7) is 5.09. The van der Waals surface area contributed by atoms with Crippen LogP contribution in [0, 0.1) is 6.92 Å². The minimum atomic E-state index is -0.694. The number of carbonyl (C=O) groups excluding carboxylic acids is 2. The lowest BCUT2D eigenvalue weighted by atomic mass is 10.2. The summed E-state index contributed by atoms with van der Waals surface area (Å²) in [6.07, 6.45) is 1.27. The Morgan fingerprint density at radius 2 is 1.91 bits per heavy atom. The number of nitrogens with one attached hydrogen (secondary N) is 2. The lowest BCUT2D eigenvalue weighted by molar-refractivity contribution is -0.124. The fourth-order valence-electron chi connectivity index (χ4n) is 3.26. The Morgan fingerprint density at radius 3 is 2.62 bits per heavy atom. The normalized spacial score (nSPS) is 13.6. The number of carbonyl (C=O) groups is 2. The molecule has 2 amide bonds. The molecule has 1 fully saturated rings. The fourth-order valence-corrected chi connectivity index (χ4v) is 4.21. The van der Waals surface area contributed by atoms with Gasteiger partial charge >= 0.3 is 0 Å². The number of aromatic nitrogens is 3. The van der Waals surface area contributed by atoms with Gasteiger partial charge in [0.25, 0.3) is 0 Å². The third-order valence-electron chi connectivity index (χ3n) is 4.77. The number of amides is 2. The zero-order valence-corrected chi connectivity index (χ0v) is 18.3. The topological polar surface area (TPSA) is 135 Å². The summed E-state index contributed by atoms with van der Waals surface area (Å²) in [5.41, 5.74) is 8.47. The quantitative estimate of drug-likeness (QED) is 0.464. The maximum Gasteiger partial charge on any atom is 0.235 e. The summed E-state index contributed by atoms with van der Waals surface area (Å²) >= 11 is 1.27. The third kappa shape index (κ3) is 5.37. The molecule has 0 saturated carbocycles. The summed E-state index contributed by atoms with van der Waals surface area (Å²) in [5.74, 6) is -0.738. The van der Waals surface area contributed by atoms with Crippen LogP contribution in [0.3, 0.4) is 0 Å². The van der Waals surface area contributed by atoms with Crippen LogP contribution in [0.4, 0.5) is 22.5 Å². The molecule has 4 rings (SSSR count). The number of hydrogen-bond acceptors (Lipinski definition) is 9. The second kappa shape index (κ2) is 9.71. The van der Waals surface area contributed by atoms with E-state index in [-0.39, 0.29) is 6.42 Å². The van der Waals surface area contributed by atoms with Crippen molar-refractivity contribution < 1.29 is 14.3 Å². The number of anilines is 4. The molecule has 1 saturated heterocycles. The summed E-state index contributed by atoms with van der Waals surface area (Å²) in [4.78, 5) is 39.0. The number of morpholine rings is 1. The van der Waals surface area contributed by atoms with Crippen molar-refractivity contribution in [1.82, 2.24) is 15.0 Å². The molecule has 11 heteroatoms. The first-order valence-electron chi connectivity index (χ1n) is 10.1. The number of rotatable bonds is 7. The molecule has 3 aromatic rings. The first kappa shape index (κ1) is 21.7. The molecule has 32 heavy (non-hydrogen) atoms. The van der Waals surface area contributed by atoms with Crippen molar-refractivity contribution in [1.29, 1.82) is 0 Å². The van der Waals surface area contributed by atoms with Crippen LogP contribution in [0.15, 0.2) is 36.5 Å². The molecule has 0 spiro atoms. The Hall–Kier alpha value is -3.57. The smallest absolute Gasteiger partial charge is 0.235 e. The van der Waals surface area contributed by atoms with Crippen molar-refractivity contribution >= 4 is 45.6 Å². The van der Waals surface area contributed by atoms with Gasteiger partial charge in [0, 0.05) is 30.7 Å². The molecule has 0 radical (unpaired) electrons. The van der Waals surface area contributed by atoms with E-state index in [1.807, 2.05) is 19.1 Å². The van der Waals surface area contributed by atoms with Crippen molar-refractivity contribution in [3.63, 3.8) is 0 Å². The molecule has 0 atom stereocenters. The minimum absolute atomic E-state index is 0.385. The number of nitrogens with two attached hydrogens (primary N) is 1. The van der Waals surface area contributed by atoms with Crippen LogP contribution in [-0.4, -0.2) is 53.1 Å². The molecule has 4 N–H and O–H groups in total. The van der Waals surface area contributed by atoms with Gasteiger partial charge in [-0.1, -0.05) is 11.3 Å². The molecule has 0 unspecified atom stereocenters. The van der Waals surface area contributed by atoms with E-state index in [0.717, 1.165) is 42.6 Å². The number of nitrogens with zero attached hydrogens (tertiary/aromatic N) is 4. The van der Waals surface area contributed by atoms with Gasteiger partial charge in [0.1, 0.15) is 6.42 Å². The van der Waals surface area contributed by atoms with E-state index in [2.05, 4.69) is 42.6 Å². The molecule has 10 nitrogen and oxygen atoms in total. The Labute approximate surface area is 188 Å². The maximum atomic E-state index is 11.8. The van der Waals surface area contributed by atoms with Crippen LogP contribution in [0.5, 0.6) is 0 Å². The Bertz CT molecular complexity index is 1110. The summed E-state index contributed by atoms with van der Waals surface area (Å²) in [7, 11) is 0. The number of aryl methyl sites for hydroxylation is 1. The second-order valence-corrected chi connectivity index (χ2v) is 8.16. The highest BCUT2D eigenvalue weighted by atomic mass is 32.1. The van der Waals surface area contributed by atoms with Crippen LogP contribution in [0.25, 0.3) is 10.6 Å². The van der Waals surface area contributed by atoms with Crippen LogP contribution in [-0.2, 0) is 14.3 Å². The van der Waals surface area contributed by atoms with E-state index < -0.39 is 11.8 Å². The molecule has 3 heterocycles. The highest BCUT2D eigenvalue weighted by Gasteiger charge is 2.15. The molecule has 0 bridgehead atoms. The van der Waals surface area contributed by atoms with Crippen LogP contribution < -0.4 is 21.3 Å². The molecule has 1 aliphatic rings. The summed E-state index contributed by atoms with van der Waals surface area (Å²) in [6, 6.07) is 9.89. The van der Waals surface area contributed by atoms with Gasteiger partial charge in [-0.2, -0.15) is 0 Å². The largest absolute Gasteiger partial charge is 0.378 e. The van der Waals surface area contributed by atoms with E-state index in [1.165, 1.54) is 11.3 Å². The van der Waals surface area contributed by atoms with Crippen molar-refractivity contribution in [2.75, 3.05) is 41.8 Å². The molecule has 0 aliphatic carbocycles. The number of hydrogen-bond donors (Lipinski definition) is 3. The fraction of sp³-hybridized carbons (Fsp3) is 0.286. The average Bonchev–Trinajstić information content (AvgIpc) is 3.14. The number of benzene rings is 1. The minimum Gasteiger partial charge on any atom is -0.378 e. The Kier molecular flexibility index (Phi) is 6.57. The van der Waals surface area contributed by atoms with Crippen LogP contribution in [0.1, 0.15) is 12.1 Å². The van der Waals surface area contributed by atoms with Crippen LogP contribution >= 0.6 is 11.3 Å². The van der Waals surface area contributed by atoms with Gasteiger partial charge in [-0.15, -0.1) is 0 Å². The van der Waals surface area contributed by atoms with Crippen LogP contribution in [0.2, 0.25) is 0 Å². The zero-order chi connectivity index (χ0) is 22.5. The molecule has 2 aromatic heterocycles. The molecular weight excluding hydrogens is 430 g/mol. The van der Waals surface area contributed by atoms with E-state index in [4.69, 9.17) is 10.5 Å². The van der Waals surface area contributed by atoms with E-state index in [0.29, 0.717) is 22.5 Å². The predicted molar refractivity (Wildman–Crippen MR) is 123 cm³/mol. The lowest BCUT2D eigenvalue weighted by Crippen LogP contribution is -2.36. The molecular formula is C21H23N7O3S. The first-order valence-corrected chi connectivity index (χ1v) is 10.9. The van der Waals surface area contributed by atoms with Gasteiger partial charge in [0.05, 0.1) is 29.5 Å². The third-order valence-corrected chi connectivity index (χ3v) is 5.86. The van der Waals surface area contributed by atoms with Crippen molar-refractivity contribution in [3.05, 3.63) is 42.2 Å². The Morgan fingerprint density at radius 1 is 1.16 bits per heavy atom. The Balaban J connectivity index is 1.46. The number of ether oxygens (including phenoxy) is 1. The monoisotopic (exact) mass is 453 g/mol. The molecule has 1 aliphatic heterocycles. The second-order valence-electron chi connectivity index (χ2n) is 7.16. The zero-order valence-electron chi connectivity index (χ0n) is 17.5. The van der Waals surface area contributed by atoms with Gasteiger partial charge < -0.3 is 26.0 Å². The number of primary amides is 1. The lowest BCUT2D eigenvalue weighted by Gasteiger charge is -2.28. The summed E-state index contributed by atoms with van der Waals surface area (Å²) in [5, 5.41) is 6.19. The van der Waals surface area contributed by atoms with E-state index in [1.54, 1.807) is 12.3 Å².